The van der Waals surface area contributed by atoms with E-state index in [0.717, 1.165) is 24.2 Å². The van der Waals surface area contributed by atoms with Gasteiger partial charge in [-0.1, -0.05) is 53.5 Å². The number of rotatable bonds is 4. The molecule has 0 N–H and O–H groups in total. The van der Waals surface area contributed by atoms with Crippen molar-refractivity contribution in [3.63, 3.8) is 0 Å². The molecule has 0 atom stereocenters. The summed E-state index contributed by atoms with van der Waals surface area (Å²) in [5.74, 6) is 0.107. The minimum absolute atomic E-state index is 0.107. The number of amides is 1. The number of hydrogen-bond donors (Lipinski definition) is 0. The lowest BCUT2D eigenvalue weighted by Gasteiger charge is -2.22. The monoisotopic (exact) mass is 348 g/mol. The SMILES string of the molecule is CN(CC(=O)N1CCc2ccccc21)Cc1cccc(Cl)c1Cl. The number of hydrogen-bond acceptors (Lipinski definition) is 2. The number of likely N-dealkylation sites (N-methyl/N-ethyl adjacent to an activating group) is 1. The Balaban J connectivity index is 1.65. The van der Waals surface area contributed by atoms with Crippen LogP contribution in [0.25, 0.3) is 0 Å². The fraction of sp³-hybridized carbons (Fsp3) is 0.278. The van der Waals surface area contributed by atoms with E-state index in [1.807, 2.05) is 47.2 Å². The molecular formula is C18H18Cl2N2O. The van der Waals surface area contributed by atoms with E-state index in [1.54, 1.807) is 6.07 Å². The van der Waals surface area contributed by atoms with Gasteiger partial charge in [0, 0.05) is 18.8 Å². The van der Waals surface area contributed by atoms with Crippen LogP contribution >= 0.6 is 23.2 Å². The first-order valence-electron chi connectivity index (χ1n) is 7.56. The van der Waals surface area contributed by atoms with Crippen LogP contribution in [0, 0.1) is 0 Å². The Morgan fingerprint density at radius 1 is 1.17 bits per heavy atom. The van der Waals surface area contributed by atoms with Gasteiger partial charge in [0.05, 0.1) is 16.6 Å². The summed E-state index contributed by atoms with van der Waals surface area (Å²) in [7, 11) is 1.91. The minimum Gasteiger partial charge on any atom is -0.311 e. The molecule has 5 heteroatoms. The van der Waals surface area contributed by atoms with E-state index < -0.39 is 0 Å². The van der Waals surface area contributed by atoms with Crippen molar-refractivity contribution in [3.8, 4) is 0 Å². The molecular weight excluding hydrogens is 331 g/mol. The maximum Gasteiger partial charge on any atom is 0.241 e. The van der Waals surface area contributed by atoms with E-state index in [2.05, 4.69) is 6.07 Å². The van der Waals surface area contributed by atoms with Crippen molar-refractivity contribution in [2.75, 3.05) is 25.0 Å². The van der Waals surface area contributed by atoms with Gasteiger partial charge >= 0.3 is 0 Å². The van der Waals surface area contributed by atoms with Crippen molar-refractivity contribution in [3.05, 3.63) is 63.6 Å². The molecule has 1 aliphatic heterocycles. The molecule has 1 aliphatic rings. The van der Waals surface area contributed by atoms with Crippen LogP contribution in [-0.4, -0.2) is 30.9 Å². The third-order valence-corrected chi connectivity index (χ3v) is 4.92. The highest BCUT2D eigenvalue weighted by Gasteiger charge is 2.24. The Hall–Kier alpha value is -1.55. The van der Waals surface area contributed by atoms with Crippen LogP contribution in [0.3, 0.4) is 0 Å². The molecule has 0 saturated carbocycles. The number of fused-ring (bicyclic) bond motifs is 1. The summed E-state index contributed by atoms with van der Waals surface area (Å²) in [4.78, 5) is 16.4. The van der Waals surface area contributed by atoms with Crippen LogP contribution in [0.4, 0.5) is 5.69 Å². The van der Waals surface area contributed by atoms with Crippen molar-refractivity contribution < 1.29 is 4.79 Å². The lowest BCUT2D eigenvalue weighted by molar-refractivity contribution is -0.119. The molecule has 120 valence electrons. The van der Waals surface area contributed by atoms with E-state index in [-0.39, 0.29) is 5.91 Å². The van der Waals surface area contributed by atoms with Crippen LogP contribution in [0.2, 0.25) is 10.0 Å². The third kappa shape index (κ3) is 3.52. The average Bonchev–Trinajstić information content (AvgIpc) is 2.96. The zero-order valence-corrected chi connectivity index (χ0v) is 14.4. The Labute approximate surface area is 146 Å². The van der Waals surface area contributed by atoms with Gasteiger partial charge in [-0.15, -0.1) is 0 Å². The van der Waals surface area contributed by atoms with Crippen molar-refractivity contribution in [1.29, 1.82) is 0 Å². The highest BCUT2D eigenvalue weighted by Crippen LogP contribution is 2.28. The smallest absolute Gasteiger partial charge is 0.241 e. The Morgan fingerprint density at radius 3 is 2.78 bits per heavy atom. The molecule has 0 bridgehead atoms. The van der Waals surface area contributed by atoms with E-state index in [4.69, 9.17) is 23.2 Å². The van der Waals surface area contributed by atoms with Crippen molar-refractivity contribution in [2.45, 2.75) is 13.0 Å². The third-order valence-electron chi connectivity index (χ3n) is 4.07. The van der Waals surface area contributed by atoms with E-state index in [1.165, 1.54) is 5.56 Å². The van der Waals surface area contributed by atoms with Gasteiger partial charge in [-0.2, -0.15) is 0 Å². The Bertz CT molecular complexity index is 733. The van der Waals surface area contributed by atoms with Gasteiger partial charge in [-0.05, 0) is 36.7 Å². The summed E-state index contributed by atoms with van der Waals surface area (Å²) < 4.78 is 0. The normalized spacial score (nSPS) is 13.5. The molecule has 0 spiro atoms. The lowest BCUT2D eigenvalue weighted by Crippen LogP contribution is -2.37. The van der Waals surface area contributed by atoms with Gasteiger partial charge in [-0.3, -0.25) is 9.69 Å². The predicted molar refractivity (Wildman–Crippen MR) is 95.3 cm³/mol. The highest BCUT2D eigenvalue weighted by atomic mass is 35.5. The van der Waals surface area contributed by atoms with Crippen LogP contribution in [-0.2, 0) is 17.8 Å². The van der Waals surface area contributed by atoms with Crippen LogP contribution in [0.15, 0.2) is 42.5 Å². The summed E-state index contributed by atoms with van der Waals surface area (Å²) in [5, 5.41) is 1.09. The summed E-state index contributed by atoms with van der Waals surface area (Å²) >= 11 is 12.3. The molecule has 3 rings (SSSR count). The standard InChI is InChI=1S/C18H18Cl2N2O/c1-21(11-14-6-4-7-15(19)18(14)20)12-17(23)22-10-9-13-5-2-3-8-16(13)22/h2-8H,9-12H2,1H3. The molecule has 1 amide bonds. The summed E-state index contributed by atoms with van der Waals surface area (Å²) in [6.45, 7) is 1.68. The summed E-state index contributed by atoms with van der Waals surface area (Å²) in [5.41, 5.74) is 3.20. The minimum atomic E-state index is 0.107. The average molecular weight is 349 g/mol. The fourth-order valence-electron chi connectivity index (χ4n) is 2.93. The molecule has 1 heterocycles. The highest BCUT2D eigenvalue weighted by molar-refractivity contribution is 6.42. The second kappa shape index (κ2) is 6.91. The van der Waals surface area contributed by atoms with Crippen molar-refractivity contribution in [1.82, 2.24) is 4.90 Å². The molecule has 0 radical (unpaired) electrons. The zero-order valence-electron chi connectivity index (χ0n) is 12.9. The second-order valence-electron chi connectivity index (χ2n) is 5.81. The Kier molecular flexibility index (Phi) is 4.90. The van der Waals surface area contributed by atoms with E-state index in [0.29, 0.717) is 23.1 Å². The molecule has 0 saturated heterocycles. The summed E-state index contributed by atoms with van der Waals surface area (Å²) in [6, 6.07) is 13.6. The molecule has 2 aromatic rings. The number of para-hydroxylation sites is 1. The first-order valence-corrected chi connectivity index (χ1v) is 8.31. The maximum atomic E-state index is 12.6. The second-order valence-corrected chi connectivity index (χ2v) is 6.59. The van der Waals surface area contributed by atoms with Crippen molar-refractivity contribution >= 4 is 34.8 Å². The van der Waals surface area contributed by atoms with E-state index >= 15 is 0 Å². The fourth-order valence-corrected chi connectivity index (χ4v) is 3.31. The lowest BCUT2D eigenvalue weighted by atomic mass is 10.2. The summed E-state index contributed by atoms with van der Waals surface area (Å²) in [6.07, 6.45) is 0.922. The van der Waals surface area contributed by atoms with Gasteiger partial charge < -0.3 is 4.90 Å². The van der Waals surface area contributed by atoms with Gasteiger partial charge in [0.25, 0.3) is 0 Å². The zero-order chi connectivity index (χ0) is 16.4. The molecule has 0 aliphatic carbocycles. The van der Waals surface area contributed by atoms with Gasteiger partial charge in [0.1, 0.15) is 0 Å². The topological polar surface area (TPSA) is 23.6 Å². The molecule has 23 heavy (non-hydrogen) atoms. The van der Waals surface area contributed by atoms with Gasteiger partial charge in [0.2, 0.25) is 5.91 Å². The first kappa shape index (κ1) is 16.3. The molecule has 2 aromatic carbocycles. The molecule has 3 nitrogen and oxygen atoms in total. The molecule has 0 unspecified atom stereocenters. The number of anilines is 1. The molecule has 0 aromatic heterocycles. The van der Waals surface area contributed by atoms with Gasteiger partial charge in [0.15, 0.2) is 0 Å². The van der Waals surface area contributed by atoms with Crippen LogP contribution in [0.1, 0.15) is 11.1 Å². The number of halogens is 2. The largest absolute Gasteiger partial charge is 0.311 e. The van der Waals surface area contributed by atoms with Gasteiger partial charge in [-0.25, -0.2) is 0 Å². The predicted octanol–water partition coefficient (Wildman–Crippen LogP) is 4.01. The van der Waals surface area contributed by atoms with E-state index in [9.17, 15) is 4.79 Å². The molecule has 0 fully saturated rings. The number of nitrogens with zero attached hydrogens (tertiary/aromatic N) is 2. The van der Waals surface area contributed by atoms with Crippen LogP contribution < -0.4 is 4.90 Å². The Morgan fingerprint density at radius 2 is 1.96 bits per heavy atom. The quantitative estimate of drug-likeness (QED) is 0.833. The first-order chi connectivity index (χ1) is 11.1. The maximum absolute atomic E-state index is 12.6. The number of carbonyl (C=O) groups excluding carboxylic acids is 1. The van der Waals surface area contributed by atoms with Crippen LogP contribution in [0.5, 0.6) is 0 Å². The number of benzene rings is 2. The number of carbonyl (C=O) groups is 1. The van der Waals surface area contributed by atoms with Crippen molar-refractivity contribution in [2.24, 2.45) is 0 Å².